The molecule has 1 N–H and O–H groups in total. The van der Waals surface area contributed by atoms with E-state index in [1.54, 1.807) is 37.6 Å². The Labute approximate surface area is 161 Å². The first-order chi connectivity index (χ1) is 13.2. The molecular formula is C21H28N4O2. The van der Waals surface area contributed by atoms with Crippen molar-refractivity contribution in [3.63, 3.8) is 0 Å². The van der Waals surface area contributed by atoms with Crippen LogP contribution in [0, 0.1) is 0 Å². The van der Waals surface area contributed by atoms with E-state index in [0.717, 1.165) is 44.0 Å². The number of hydrogen-bond donors (Lipinski definition) is 1. The van der Waals surface area contributed by atoms with Gasteiger partial charge in [0, 0.05) is 50.7 Å². The Morgan fingerprint density at radius 3 is 2.52 bits per heavy atom. The fourth-order valence-corrected chi connectivity index (χ4v) is 3.46. The molecule has 3 rings (SSSR count). The number of benzene rings is 1. The lowest BCUT2D eigenvalue weighted by molar-refractivity contribution is 0.0855. The summed E-state index contributed by atoms with van der Waals surface area (Å²) in [6.45, 7) is 7.93. The van der Waals surface area contributed by atoms with Crippen molar-refractivity contribution >= 4 is 5.91 Å². The second-order valence-electron chi connectivity index (χ2n) is 6.71. The molecule has 0 bridgehead atoms. The topological polar surface area (TPSA) is 57.7 Å². The summed E-state index contributed by atoms with van der Waals surface area (Å²) in [5.41, 5.74) is 1.77. The Morgan fingerprint density at radius 1 is 1.19 bits per heavy atom. The molecule has 0 saturated carbocycles. The highest BCUT2D eigenvalue weighted by atomic mass is 16.5. The molecule has 1 fully saturated rings. The summed E-state index contributed by atoms with van der Waals surface area (Å²) >= 11 is 0. The Balaban J connectivity index is 1.67. The van der Waals surface area contributed by atoms with Crippen molar-refractivity contribution in [1.29, 1.82) is 0 Å². The van der Waals surface area contributed by atoms with Crippen LogP contribution in [0.1, 0.15) is 28.9 Å². The number of hydrogen-bond acceptors (Lipinski definition) is 5. The Morgan fingerprint density at radius 2 is 1.93 bits per heavy atom. The SMILES string of the molecule is CCN1CCN(C(CNC(=O)c2ccc(OC)cc2)c2cccnc2)CC1. The van der Waals surface area contributed by atoms with Crippen LogP contribution in [0.5, 0.6) is 5.75 Å². The van der Waals surface area contributed by atoms with E-state index in [1.165, 1.54) is 0 Å². The number of carbonyl (C=O) groups excluding carboxylic acids is 1. The lowest BCUT2D eigenvalue weighted by Crippen LogP contribution is -2.49. The van der Waals surface area contributed by atoms with Gasteiger partial charge in [-0.05, 0) is 42.4 Å². The summed E-state index contributed by atoms with van der Waals surface area (Å²) in [5.74, 6) is 0.673. The molecule has 1 aromatic carbocycles. The van der Waals surface area contributed by atoms with Gasteiger partial charge in [-0.2, -0.15) is 0 Å². The average molecular weight is 368 g/mol. The van der Waals surface area contributed by atoms with Crippen LogP contribution in [0.4, 0.5) is 0 Å². The zero-order valence-corrected chi connectivity index (χ0v) is 16.1. The number of ether oxygens (including phenoxy) is 1. The van der Waals surface area contributed by atoms with Gasteiger partial charge in [0.1, 0.15) is 5.75 Å². The van der Waals surface area contributed by atoms with Crippen molar-refractivity contribution in [2.45, 2.75) is 13.0 Å². The van der Waals surface area contributed by atoms with Gasteiger partial charge < -0.3 is 15.0 Å². The third-order valence-electron chi connectivity index (χ3n) is 5.17. The summed E-state index contributed by atoms with van der Waals surface area (Å²) in [6.07, 6.45) is 3.68. The fourth-order valence-electron chi connectivity index (χ4n) is 3.46. The molecule has 1 aliphatic heterocycles. The highest BCUT2D eigenvalue weighted by Gasteiger charge is 2.25. The summed E-state index contributed by atoms with van der Waals surface area (Å²) in [6, 6.07) is 11.3. The van der Waals surface area contributed by atoms with Gasteiger partial charge in [0.25, 0.3) is 5.91 Å². The highest BCUT2D eigenvalue weighted by Crippen LogP contribution is 2.21. The Kier molecular flexibility index (Phi) is 6.79. The summed E-state index contributed by atoms with van der Waals surface area (Å²) in [7, 11) is 1.62. The predicted molar refractivity (Wildman–Crippen MR) is 106 cm³/mol. The minimum atomic E-state index is -0.0706. The van der Waals surface area contributed by atoms with Gasteiger partial charge in [0.2, 0.25) is 0 Å². The van der Waals surface area contributed by atoms with Crippen molar-refractivity contribution in [3.05, 3.63) is 59.9 Å². The maximum absolute atomic E-state index is 12.6. The van der Waals surface area contributed by atoms with E-state index in [-0.39, 0.29) is 11.9 Å². The molecule has 1 aromatic heterocycles. The van der Waals surface area contributed by atoms with E-state index >= 15 is 0 Å². The van der Waals surface area contributed by atoms with E-state index in [4.69, 9.17) is 4.74 Å². The van der Waals surface area contributed by atoms with Crippen LogP contribution >= 0.6 is 0 Å². The molecule has 6 nitrogen and oxygen atoms in total. The van der Waals surface area contributed by atoms with Crippen LogP contribution < -0.4 is 10.1 Å². The predicted octanol–water partition coefficient (Wildman–Crippen LogP) is 2.20. The van der Waals surface area contributed by atoms with Crippen molar-refractivity contribution in [3.8, 4) is 5.75 Å². The number of nitrogens with zero attached hydrogens (tertiary/aromatic N) is 3. The standard InChI is InChI=1S/C21H28N4O2/c1-3-24-11-13-25(14-12-24)20(18-5-4-10-22-15-18)16-23-21(26)17-6-8-19(27-2)9-7-17/h4-10,15,20H,3,11-14,16H2,1-2H3,(H,23,26). The average Bonchev–Trinajstić information content (AvgIpc) is 2.75. The van der Waals surface area contributed by atoms with Gasteiger partial charge in [0.05, 0.1) is 13.2 Å². The molecule has 0 aliphatic carbocycles. The molecular weight excluding hydrogens is 340 g/mol. The van der Waals surface area contributed by atoms with Crippen molar-refractivity contribution in [1.82, 2.24) is 20.1 Å². The van der Waals surface area contributed by atoms with E-state index in [0.29, 0.717) is 12.1 Å². The van der Waals surface area contributed by atoms with Gasteiger partial charge >= 0.3 is 0 Å². The number of carbonyl (C=O) groups is 1. The first kappa shape index (κ1) is 19.3. The first-order valence-corrected chi connectivity index (χ1v) is 9.50. The van der Waals surface area contributed by atoms with Gasteiger partial charge in [-0.15, -0.1) is 0 Å². The lowest BCUT2D eigenvalue weighted by Gasteiger charge is -2.39. The second kappa shape index (κ2) is 9.48. The molecule has 2 heterocycles. The number of aromatic nitrogens is 1. The van der Waals surface area contributed by atoms with E-state index < -0.39 is 0 Å². The lowest BCUT2D eigenvalue weighted by atomic mass is 10.1. The molecule has 1 atom stereocenters. The molecule has 0 spiro atoms. The van der Waals surface area contributed by atoms with E-state index in [2.05, 4.69) is 33.1 Å². The van der Waals surface area contributed by atoms with Gasteiger partial charge in [-0.1, -0.05) is 13.0 Å². The van der Waals surface area contributed by atoms with Gasteiger partial charge in [-0.3, -0.25) is 14.7 Å². The van der Waals surface area contributed by atoms with Crippen molar-refractivity contribution in [2.75, 3.05) is 46.4 Å². The maximum atomic E-state index is 12.6. The van der Waals surface area contributed by atoms with E-state index in [9.17, 15) is 4.79 Å². The van der Waals surface area contributed by atoms with Crippen molar-refractivity contribution < 1.29 is 9.53 Å². The third kappa shape index (κ3) is 5.05. The van der Waals surface area contributed by atoms with Crippen LogP contribution in [-0.4, -0.2) is 67.1 Å². The van der Waals surface area contributed by atoms with Crippen LogP contribution in [0.3, 0.4) is 0 Å². The quantitative estimate of drug-likeness (QED) is 0.812. The minimum Gasteiger partial charge on any atom is -0.497 e. The molecule has 1 saturated heterocycles. The summed E-state index contributed by atoms with van der Waals surface area (Å²) in [4.78, 5) is 21.7. The Bertz CT molecular complexity index is 713. The number of methoxy groups -OCH3 is 1. The number of piperazine rings is 1. The van der Waals surface area contributed by atoms with Crippen LogP contribution in [-0.2, 0) is 0 Å². The third-order valence-corrected chi connectivity index (χ3v) is 5.17. The Hall–Kier alpha value is -2.44. The fraction of sp³-hybridized carbons (Fsp3) is 0.429. The first-order valence-electron chi connectivity index (χ1n) is 9.50. The maximum Gasteiger partial charge on any atom is 0.251 e. The molecule has 6 heteroatoms. The van der Waals surface area contributed by atoms with Crippen molar-refractivity contribution in [2.24, 2.45) is 0 Å². The van der Waals surface area contributed by atoms with Gasteiger partial charge in [0.15, 0.2) is 0 Å². The molecule has 1 unspecified atom stereocenters. The highest BCUT2D eigenvalue weighted by molar-refractivity contribution is 5.94. The summed E-state index contributed by atoms with van der Waals surface area (Å²) < 4.78 is 5.15. The summed E-state index contributed by atoms with van der Waals surface area (Å²) in [5, 5.41) is 3.09. The monoisotopic (exact) mass is 368 g/mol. The van der Waals surface area contributed by atoms with Crippen LogP contribution in [0.25, 0.3) is 0 Å². The number of amides is 1. The molecule has 1 aliphatic rings. The number of rotatable bonds is 7. The normalized spacial score (nSPS) is 16.7. The number of likely N-dealkylation sites (N-methyl/N-ethyl adjacent to an activating group) is 1. The molecule has 144 valence electrons. The second-order valence-corrected chi connectivity index (χ2v) is 6.71. The molecule has 2 aromatic rings. The molecule has 1 amide bonds. The van der Waals surface area contributed by atoms with Crippen LogP contribution in [0.15, 0.2) is 48.8 Å². The zero-order valence-electron chi connectivity index (χ0n) is 16.1. The molecule has 0 radical (unpaired) electrons. The van der Waals surface area contributed by atoms with E-state index in [1.807, 2.05) is 12.3 Å². The molecule has 27 heavy (non-hydrogen) atoms. The smallest absolute Gasteiger partial charge is 0.251 e. The minimum absolute atomic E-state index is 0.0706. The van der Waals surface area contributed by atoms with Gasteiger partial charge in [-0.25, -0.2) is 0 Å². The van der Waals surface area contributed by atoms with Crippen LogP contribution in [0.2, 0.25) is 0 Å². The number of pyridine rings is 1. The number of nitrogens with one attached hydrogen (secondary N) is 1. The largest absolute Gasteiger partial charge is 0.497 e. The zero-order chi connectivity index (χ0) is 19.1.